The molecule has 1 aromatic heterocycles. The highest BCUT2D eigenvalue weighted by atomic mass is 16.3. The molecule has 19 heavy (non-hydrogen) atoms. The molecule has 1 heterocycles. The van der Waals surface area contributed by atoms with E-state index >= 15 is 0 Å². The van der Waals surface area contributed by atoms with Crippen LogP contribution < -0.4 is 0 Å². The number of nitrogens with zero attached hydrogens (tertiary/aromatic N) is 2. The van der Waals surface area contributed by atoms with Crippen molar-refractivity contribution < 1.29 is 5.11 Å². The summed E-state index contributed by atoms with van der Waals surface area (Å²) in [5.74, 6) is 0. The van der Waals surface area contributed by atoms with Crippen LogP contribution in [0.4, 0.5) is 0 Å². The van der Waals surface area contributed by atoms with Gasteiger partial charge in [-0.3, -0.25) is 4.68 Å². The average Bonchev–Trinajstić information content (AvgIpc) is 2.60. The fourth-order valence-electron chi connectivity index (χ4n) is 4.37. The van der Waals surface area contributed by atoms with E-state index < -0.39 is 5.60 Å². The van der Waals surface area contributed by atoms with E-state index in [1.807, 2.05) is 16.9 Å². The molecule has 0 amide bonds. The Bertz CT molecular complexity index is 429. The molecule has 0 spiro atoms. The number of aromatic nitrogens is 2. The maximum absolute atomic E-state index is 11.2. The van der Waals surface area contributed by atoms with Crippen LogP contribution in [0.15, 0.2) is 12.3 Å². The molecule has 1 aliphatic rings. The maximum Gasteiger partial charge on any atom is 0.107 e. The van der Waals surface area contributed by atoms with Crippen LogP contribution in [-0.4, -0.2) is 14.9 Å². The molecule has 108 valence electrons. The van der Waals surface area contributed by atoms with Crippen molar-refractivity contribution in [3.63, 3.8) is 0 Å². The van der Waals surface area contributed by atoms with Crippen molar-refractivity contribution in [2.75, 3.05) is 0 Å². The first-order chi connectivity index (χ1) is 8.68. The molecule has 1 N–H and O–H groups in total. The minimum atomic E-state index is -0.739. The zero-order valence-electron chi connectivity index (χ0n) is 13.0. The fourth-order valence-corrected chi connectivity index (χ4v) is 4.37. The van der Waals surface area contributed by atoms with Crippen molar-refractivity contribution >= 4 is 0 Å². The second-order valence-electron chi connectivity index (χ2n) is 7.83. The van der Waals surface area contributed by atoms with Gasteiger partial charge in [0.2, 0.25) is 0 Å². The van der Waals surface area contributed by atoms with E-state index in [0.717, 1.165) is 37.9 Å². The van der Waals surface area contributed by atoms with Crippen molar-refractivity contribution in [3.05, 3.63) is 18.0 Å². The summed E-state index contributed by atoms with van der Waals surface area (Å²) < 4.78 is 1.98. The minimum absolute atomic E-state index is 0.164. The monoisotopic (exact) mass is 264 g/mol. The van der Waals surface area contributed by atoms with Crippen molar-refractivity contribution in [3.8, 4) is 0 Å². The van der Waals surface area contributed by atoms with Crippen LogP contribution in [0.3, 0.4) is 0 Å². The Labute approximate surface area is 117 Å². The van der Waals surface area contributed by atoms with Gasteiger partial charge in [-0.15, -0.1) is 0 Å². The first-order valence-electron chi connectivity index (χ1n) is 7.42. The standard InChI is InChI=1S/C16H28N2O/c1-6-9-18-13(7-8-17-18)16(19)11-14(2,3)10-15(4,5)12-16/h7-8,19H,6,9-12H2,1-5H3. The van der Waals surface area contributed by atoms with Crippen LogP contribution >= 0.6 is 0 Å². The highest BCUT2D eigenvalue weighted by Gasteiger charge is 2.48. The normalized spacial score (nSPS) is 24.3. The predicted octanol–water partition coefficient (Wildman–Crippen LogP) is 3.72. The topological polar surface area (TPSA) is 38.0 Å². The van der Waals surface area contributed by atoms with Gasteiger partial charge in [-0.2, -0.15) is 5.10 Å². The second-order valence-corrected chi connectivity index (χ2v) is 7.83. The smallest absolute Gasteiger partial charge is 0.107 e. The van der Waals surface area contributed by atoms with Gasteiger partial charge in [0.25, 0.3) is 0 Å². The number of rotatable bonds is 3. The summed E-state index contributed by atoms with van der Waals surface area (Å²) in [6.45, 7) is 12.1. The SMILES string of the molecule is CCCn1nccc1C1(O)CC(C)(C)CC(C)(C)C1. The van der Waals surface area contributed by atoms with Gasteiger partial charge in [0.15, 0.2) is 0 Å². The molecule has 3 nitrogen and oxygen atoms in total. The summed E-state index contributed by atoms with van der Waals surface area (Å²) in [6.07, 6.45) is 5.65. The summed E-state index contributed by atoms with van der Waals surface area (Å²) in [5, 5.41) is 15.6. The molecule has 1 aliphatic carbocycles. The molecule has 0 atom stereocenters. The Kier molecular flexibility index (Phi) is 3.54. The Morgan fingerprint density at radius 3 is 2.26 bits per heavy atom. The molecule has 1 fully saturated rings. The summed E-state index contributed by atoms with van der Waals surface area (Å²) in [6, 6.07) is 1.99. The van der Waals surface area contributed by atoms with Crippen LogP contribution in [0.1, 0.15) is 66.0 Å². The number of aliphatic hydroxyl groups is 1. The second kappa shape index (κ2) is 4.62. The highest BCUT2D eigenvalue weighted by Crippen LogP contribution is 2.53. The minimum Gasteiger partial charge on any atom is -0.384 e. The third kappa shape index (κ3) is 3.02. The first kappa shape index (κ1) is 14.6. The van der Waals surface area contributed by atoms with Crippen molar-refractivity contribution in [1.82, 2.24) is 9.78 Å². The van der Waals surface area contributed by atoms with Crippen molar-refractivity contribution in [1.29, 1.82) is 0 Å². The van der Waals surface area contributed by atoms with E-state index in [4.69, 9.17) is 0 Å². The van der Waals surface area contributed by atoms with Crippen molar-refractivity contribution in [2.45, 2.75) is 72.4 Å². The molecule has 2 rings (SSSR count). The number of hydrogen-bond donors (Lipinski definition) is 1. The highest BCUT2D eigenvalue weighted by molar-refractivity contribution is 5.16. The predicted molar refractivity (Wildman–Crippen MR) is 77.8 cm³/mol. The summed E-state index contributed by atoms with van der Waals surface area (Å²) in [5.41, 5.74) is 0.585. The molecule has 0 saturated heterocycles. The van der Waals surface area contributed by atoms with Gasteiger partial charge < -0.3 is 5.11 Å². The Morgan fingerprint density at radius 2 is 1.74 bits per heavy atom. The Balaban J connectivity index is 2.37. The van der Waals surface area contributed by atoms with Gasteiger partial charge in [0, 0.05) is 12.7 Å². The lowest BCUT2D eigenvalue weighted by molar-refractivity contribution is -0.0963. The lowest BCUT2D eigenvalue weighted by atomic mass is 9.59. The molecule has 1 saturated carbocycles. The van der Waals surface area contributed by atoms with E-state index in [1.165, 1.54) is 0 Å². The van der Waals surface area contributed by atoms with Gasteiger partial charge in [-0.1, -0.05) is 34.6 Å². The molecular weight excluding hydrogens is 236 g/mol. The van der Waals surface area contributed by atoms with Gasteiger partial charge in [0.1, 0.15) is 5.60 Å². The van der Waals surface area contributed by atoms with Gasteiger partial charge in [0.05, 0.1) is 5.69 Å². The average molecular weight is 264 g/mol. The van der Waals surface area contributed by atoms with E-state index in [1.54, 1.807) is 0 Å². The van der Waals surface area contributed by atoms with Gasteiger partial charge in [-0.25, -0.2) is 0 Å². The molecule has 1 aromatic rings. The Morgan fingerprint density at radius 1 is 1.16 bits per heavy atom. The van der Waals surface area contributed by atoms with E-state index in [2.05, 4.69) is 39.7 Å². The summed E-state index contributed by atoms with van der Waals surface area (Å²) >= 11 is 0. The maximum atomic E-state index is 11.2. The fraction of sp³-hybridized carbons (Fsp3) is 0.812. The molecule has 0 radical (unpaired) electrons. The Hall–Kier alpha value is -0.830. The summed E-state index contributed by atoms with van der Waals surface area (Å²) in [7, 11) is 0. The third-order valence-electron chi connectivity index (χ3n) is 4.13. The van der Waals surface area contributed by atoms with Crippen LogP contribution in [0.2, 0.25) is 0 Å². The van der Waals surface area contributed by atoms with Gasteiger partial charge >= 0.3 is 0 Å². The first-order valence-corrected chi connectivity index (χ1v) is 7.42. The largest absolute Gasteiger partial charge is 0.384 e. The lowest BCUT2D eigenvalue weighted by Gasteiger charge is -2.49. The molecule has 0 bridgehead atoms. The van der Waals surface area contributed by atoms with Crippen LogP contribution in [0.5, 0.6) is 0 Å². The quantitative estimate of drug-likeness (QED) is 0.903. The number of hydrogen-bond acceptors (Lipinski definition) is 2. The van der Waals surface area contributed by atoms with Gasteiger partial charge in [-0.05, 0) is 42.6 Å². The number of aryl methyl sites for hydroxylation is 1. The molecule has 3 heteroatoms. The lowest BCUT2D eigenvalue weighted by Crippen LogP contribution is -2.45. The molecule has 0 unspecified atom stereocenters. The third-order valence-corrected chi connectivity index (χ3v) is 4.13. The van der Waals surface area contributed by atoms with E-state index in [-0.39, 0.29) is 10.8 Å². The zero-order chi connectivity index (χ0) is 14.3. The molecular formula is C16H28N2O. The molecule has 0 aliphatic heterocycles. The van der Waals surface area contributed by atoms with Crippen molar-refractivity contribution in [2.24, 2.45) is 10.8 Å². The summed E-state index contributed by atoms with van der Waals surface area (Å²) in [4.78, 5) is 0. The zero-order valence-corrected chi connectivity index (χ0v) is 13.0. The van der Waals surface area contributed by atoms with Crippen LogP contribution in [-0.2, 0) is 12.1 Å². The van der Waals surface area contributed by atoms with E-state index in [9.17, 15) is 5.11 Å². The van der Waals surface area contributed by atoms with Crippen LogP contribution in [0, 0.1) is 10.8 Å². The van der Waals surface area contributed by atoms with Crippen LogP contribution in [0.25, 0.3) is 0 Å². The van der Waals surface area contributed by atoms with E-state index in [0.29, 0.717) is 0 Å². The molecule has 0 aromatic carbocycles.